The fourth-order valence-corrected chi connectivity index (χ4v) is 4.87. The van der Waals surface area contributed by atoms with E-state index < -0.39 is 10.0 Å². The van der Waals surface area contributed by atoms with Gasteiger partial charge in [0.25, 0.3) is 0 Å². The fourth-order valence-electron chi connectivity index (χ4n) is 4.02. The zero-order valence-electron chi connectivity index (χ0n) is 15.5. The number of rotatable bonds is 4. The molecule has 0 fully saturated rings. The first-order valence-corrected chi connectivity index (χ1v) is 10.9. The number of nitrogens with zero attached hydrogens (tertiary/aromatic N) is 2. The number of sulfonamides is 1. The molecule has 1 aromatic carbocycles. The third-order valence-electron chi connectivity index (χ3n) is 5.59. The van der Waals surface area contributed by atoms with Crippen LogP contribution in [0.15, 0.2) is 30.6 Å². The molecule has 1 aliphatic heterocycles. The number of fused-ring (bicyclic) bond motifs is 2. The minimum atomic E-state index is -3.26. The fraction of sp³-hybridized carbons (Fsp3) is 0.400. The molecular formula is C20H23N3O3S. The molecule has 7 heteroatoms. The molecule has 1 amide bonds. The number of hydrogen-bond donors (Lipinski definition) is 1. The zero-order valence-corrected chi connectivity index (χ0v) is 16.3. The van der Waals surface area contributed by atoms with Crippen LogP contribution < -0.4 is 9.62 Å². The summed E-state index contributed by atoms with van der Waals surface area (Å²) in [5, 5.41) is 0. The normalized spacial score (nSPS) is 19.1. The summed E-state index contributed by atoms with van der Waals surface area (Å²) in [6, 6.07) is 5.94. The van der Waals surface area contributed by atoms with Crippen LogP contribution in [0.4, 0.5) is 5.69 Å². The van der Waals surface area contributed by atoms with E-state index in [1.165, 1.54) is 0 Å². The molecule has 0 saturated heterocycles. The Balaban J connectivity index is 1.71. The second-order valence-electron chi connectivity index (χ2n) is 7.16. The first-order chi connectivity index (χ1) is 12.9. The second kappa shape index (κ2) is 6.73. The van der Waals surface area contributed by atoms with E-state index in [2.05, 4.69) is 15.8 Å². The molecule has 1 atom stereocenters. The van der Waals surface area contributed by atoms with Crippen LogP contribution in [0.5, 0.6) is 0 Å². The van der Waals surface area contributed by atoms with E-state index in [1.54, 1.807) is 18.0 Å². The predicted octanol–water partition coefficient (Wildman–Crippen LogP) is 2.58. The Morgan fingerprint density at radius 3 is 2.81 bits per heavy atom. The lowest BCUT2D eigenvalue weighted by Crippen LogP contribution is -2.31. The molecule has 1 N–H and O–H groups in total. The van der Waals surface area contributed by atoms with Crippen molar-refractivity contribution in [2.24, 2.45) is 0 Å². The van der Waals surface area contributed by atoms with E-state index in [1.807, 2.05) is 25.4 Å². The van der Waals surface area contributed by atoms with Crippen LogP contribution in [0, 0.1) is 0 Å². The summed E-state index contributed by atoms with van der Waals surface area (Å²) in [6.45, 7) is 1.64. The van der Waals surface area contributed by atoms with Gasteiger partial charge in [-0.05, 0) is 60.6 Å². The van der Waals surface area contributed by atoms with E-state index >= 15 is 0 Å². The van der Waals surface area contributed by atoms with Gasteiger partial charge in [0.2, 0.25) is 15.9 Å². The SMILES string of the molecule is CCS(=O)(=O)NC1CCc2c(-c3ccc4c(c3)CCC(=O)N4C)cncc21. The highest BCUT2D eigenvalue weighted by molar-refractivity contribution is 7.89. The minimum absolute atomic E-state index is 0.0724. The molecule has 2 heterocycles. The average Bonchev–Trinajstić information content (AvgIpc) is 3.07. The summed E-state index contributed by atoms with van der Waals surface area (Å²) >= 11 is 0. The van der Waals surface area contributed by atoms with Crippen LogP contribution in [0.1, 0.15) is 42.5 Å². The molecule has 1 aliphatic carbocycles. The Hall–Kier alpha value is -2.25. The first kappa shape index (κ1) is 18.1. The molecule has 27 heavy (non-hydrogen) atoms. The van der Waals surface area contributed by atoms with Gasteiger partial charge < -0.3 is 4.90 Å². The van der Waals surface area contributed by atoms with Crippen molar-refractivity contribution in [2.45, 2.75) is 38.6 Å². The van der Waals surface area contributed by atoms with Gasteiger partial charge in [-0.15, -0.1) is 0 Å². The van der Waals surface area contributed by atoms with Crippen LogP contribution in [-0.4, -0.2) is 32.1 Å². The van der Waals surface area contributed by atoms with Crippen molar-refractivity contribution in [3.05, 3.63) is 47.3 Å². The van der Waals surface area contributed by atoms with Crippen molar-refractivity contribution in [2.75, 3.05) is 17.7 Å². The highest BCUT2D eigenvalue weighted by Gasteiger charge is 2.29. The maximum absolute atomic E-state index is 12.0. The minimum Gasteiger partial charge on any atom is -0.315 e. The maximum atomic E-state index is 12.0. The smallest absolute Gasteiger partial charge is 0.227 e. The lowest BCUT2D eigenvalue weighted by Gasteiger charge is -2.26. The molecule has 1 aromatic heterocycles. The molecule has 1 unspecified atom stereocenters. The van der Waals surface area contributed by atoms with Gasteiger partial charge in [-0.1, -0.05) is 6.07 Å². The second-order valence-corrected chi connectivity index (χ2v) is 9.21. The van der Waals surface area contributed by atoms with Gasteiger partial charge in [0.1, 0.15) is 0 Å². The van der Waals surface area contributed by atoms with Crippen molar-refractivity contribution in [1.82, 2.24) is 9.71 Å². The van der Waals surface area contributed by atoms with Crippen LogP contribution in [-0.2, 0) is 27.7 Å². The molecule has 0 bridgehead atoms. The summed E-state index contributed by atoms with van der Waals surface area (Å²) in [4.78, 5) is 18.0. The molecule has 142 valence electrons. The van der Waals surface area contributed by atoms with Crippen LogP contribution >= 0.6 is 0 Å². The topological polar surface area (TPSA) is 79.4 Å². The number of aryl methyl sites for hydroxylation is 1. The Labute approximate surface area is 159 Å². The summed E-state index contributed by atoms with van der Waals surface area (Å²) < 4.78 is 26.7. The van der Waals surface area contributed by atoms with Crippen LogP contribution in [0.2, 0.25) is 0 Å². The van der Waals surface area contributed by atoms with Gasteiger partial charge in [-0.2, -0.15) is 0 Å². The lowest BCUT2D eigenvalue weighted by atomic mass is 9.94. The molecule has 2 aromatic rings. The molecule has 6 nitrogen and oxygen atoms in total. The maximum Gasteiger partial charge on any atom is 0.227 e. The third-order valence-corrected chi connectivity index (χ3v) is 6.99. The van der Waals surface area contributed by atoms with Crippen molar-refractivity contribution in [3.8, 4) is 11.1 Å². The van der Waals surface area contributed by atoms with Crippen LogP contribution in [0.25, 0.3) is 11.1 Å². The number of aromatic nitrogens is 1. The van der Waals surface area contributed by atoms with E-state index in [0.717, 1.165) is 52.8 Å². The number of amides is 1. The summed E-state index contributed by atoms with van der Waals surface area (Å²) in [7, 11) is -1.45. The highest BCUT2D eigenvalue weighted by atomic mass is 32.2. The number of carbonyl (C=O) groups is 1. The van der Waals surface area contributed by atoms with Gasteiger partial charge in [0, 0.05) is 43.2 Å². The Morgan fingerprint density at radius 2 is 2.04 bits per heavy atom. The third kappa shape index (κ3) is 3.26. The van der Waals surface area contributed by atoms with Crippen molar-refractivity contribution in [1.29, 1.82) is 0 Å². The molecule has 4 rings (SSSR count). The van der Waals surface area contributed by atoms with E-state index in [-0.39, 0.29) is 17.7 Å². The quantitative estimate of drug-likeness (QED) is 0.877. The van der Waals surface area contributed by atoms with Crippen molar-refractivity contribution >= 4 is 21.6 Å². The Bertz CT molecular complexity index is 1020. The summed E-state index contributed by atoms with van der Waals surface area (Å²) in [5.41, 5.74) is 6.37. The standard InChI is InChI=1S/C20H23N3O3S/c1-3-27(25,26)22-18-7-6-15-16(11-21-12-17(15)18)13-4-8-19-14(10-13)5-9-20(24)23(19)2/h4,8,10-12,18,22H,3,5-7,9H2,1-2H3. The Kier molecular flexibility index (Phi) is 4.52. The number of nitrogens with one attached hydrogen (secondary N) is 1. The van der Waals surface area contributed by atoms with Gasteiger partial charge in [-0.3, -0.25) is 9.78 Å². The predicted molar refractivity (Wildman–Crippen MR) is 105 cm³/mol. The average molecular weight is 385 g/mol. The van der Waals surface area contributed by atoms with E-state index in [4.69, 9.17) is 0 Å². The van der Waals surface area contributed by atoms with E-state index in [0.29, 0.717) is 6.42 Å². The monoisotopic (exact) mass is 385 g/mol. The molecule has 2 aliphatic rings. The lowest BCUT2D eigenvalue weighted by molar-refractivity contribution is -0.118. The van der Waals surface area contributed by atoms with Crippen molar-refractivity contribution in [3.63, 3.8) is 0 Å². The number of carbonyl (C=O) groups excluding carboxylic acids is 1. The summed E-state index contributed by atoms with van der Waals surface area (Å²) in [6.07, 6.45) is 6.47. The largest absolute Gasteiger partial charge is 0.315 e. The van der Waals surface area contributed by atoms with Crippen LogP contribution in [0.3, 0.4) is 0 Å². The molecule has 0 radical (unpaired) electrons. The van der Waals surface area contributed by atoms with Gasteiger partial charge >= 0.3 is 0 Å². The van der Waals surface area contributed by atoms with Gasteiger partial charge in [0.15, 0.2) is 0 Å². The number of benzene rings is 1. The number of pyridine rings is 1. The van der Waals surface area contributed by atoms with Gasteiger partial charge in [-0.25, -0.2) is 13.1 Å². The Morgan fingerprint density at radius 1 is 1.22 bits per heavy atom. The van der Waals surface area contributed by atoms with Gasteiger partial charge in [0.05, 0.1) is 5.75 Å². The summed E-state index contributed by atoms with van der Waals surface area (Å²) in [5.74, 6) is 0.215. The highest BCUT2D eigenvalue weighted by Crippen LogP contribution is 2.39. The number of anilines is 1. The first-order valence-electron chi connectivity index (χ1n) is 9.26. The number of hydrogen-bond acceptors (Lipinski definition) is 4. The zero-order chi connectivity index (χ0) is 19.2. The van der Waals surface area contributed by atoms with E-state index in [9.17, 15) is 13.2 Å². The van der Waals surface area contributed by atoms with Crippen molar-refractivity contribution < 1.29 is 13.2 Å². The molecular weight excluding hydrogens is 362 g/mol. The molecule has 0 saturated carbocycles. The molecule has 0 spiro atoms.